The lowest BCUT2D eigenvalue weighted by molar-refractivity contribution is 0.0738. The molecule has 3 heterocycles. The van der Waals surface area contributed by atoms with E-state index in [1.807, 2.05) is 27.8 Å². The summed E-state index contributed by atoms with van der Waals surface area (Å²) in [5.74, 6) is 0.455. The minimum atomic E-state index is 0. The number of rotatable bonds is 3. The number of carbonyl (C=O) groups excluding carboxylic acids is 1. The first kappa shape index (κ1) is 19.4. The van der Waals surface area contributed by atoms with Crippen LogP contribution in [-0.2, 0) is 0 Å². The summed E-state index contributed by atoms with van der Waals surface area (Å²) in [6.45, 7) is 3.48. The number of carbonyl (C=O) groups is 1. The number of hydrogen-bond donors (Lipinski definition) is 1. The van der Waals surface area contributed by atoms with Crippen molar-refractivity contribution in [3.8, 4) is 9.88 Å². The van der Waals surface area contributed by atoms with Crippen LogP contribution in [0.3, 0.4) is 0 Å². The molecule has 0 spiro atoms. The standard InChI is InChI=1S/C14H17N3OS2.2ClH/c1-9-5-10(6-15)7-17(9)14(18)11-8-20-13(16-11)12-3-2-4-19-12;;/h2-4,8-10H,5-7,15H2,1H3;2*1H. The van der Waals surface area contributed by atoms with E-state index in [1.54, 1.807) is 11.3 Å². The molecule has 0 radical (unpaired) electrons. The average Bonchev–Trinajstić information content (AvgIpc) is 3.17. The molecule has 8 heteroatoms. The minimum Gasteiger partial charge on any atom is -0.334 e. The minimum absolute atomic E-state index is 0. The van der Waals surface area contributed by atoms with Gasteiger partial charge in [0.05, 0.1) is 4.88 Å². The van der Waals surface area contributed by atoms with Crippen LogP contribution in [0.2, 0.25) is 0 Å². The van der Waals surface area contributed by atoms with E-state index >= 15 is 0 Å². The molecule has 22 heavy (non-hydrogen) atoms. The maximum absolute atomic E-state index is 12.5. The fourth-order valence-corrected chi connectivity index (χ4v) is 4.24. The third-order valence-corrected chi connectivity index (χ3v) is 5.59. The van der Waals surface area contributed by atoms with Crippen molar-refractivity contribution >= 4 is 53.4 Å². The second-order valence-corrected chi connectivity index (χ2v) is 6.96. The Morgan fingerprint density at radius 3 is 2.82 bits per heavy atom. The van der Waals surface area contributed by atoms with Crippen molar-refractivity contribution in [2.45, 2.75) is 19.4 Å². The number of thiophene rings is 1. The molecule has 0 bridgehead atoms. The van der Waals surface area contributed by atoms with Crippen LogP contribution in [-0.4, -0.2) is 34.9 Å². The Bertz CT molecular complexity index is 603. The van der Waals surface area contributed by atoms with Crippen LogP contribution < -0.4 is 5.73 Å². The molecule has 0 aliphatic carbocycles. The Labute approximate surface area is 150 Å². The number of likely N-dealkylation sites (tertiary alicyclic amines) is 1. The van der Waals surface area contributed by atoms with E-state index in [4.69, 9.17) is 5.73 Å². The molecular formula is C14H19Cl2N3OS2. The number of amides is 1. The van der Waals surface area contributed by atoms with Crippen LogP contribution in [0.5, 0.6) is 0 Å². The largest absolute Gasteiger partial charge is 0.334 e. The topological polar surface area (TPSA) is 59.2 Å². The molecule has 4 nitrogen and oxygen atoms in total. The predicted molar refractivity (Wildman–Crippen MR) is 97.6 cm³/mol. The molecule has 1 saturated heterocycles. The SMILES string of the molecule is CC1CC(CN)CN1C(=O)c1csc(-c2cccs2)n1.Cl.Cl. The first-order valence-electron chi connectivity index (χ1n) is 6.69. The highest BCUT2D eigenvalue weighted by atomic mass is 35.5. The molecule has 3 rings (SSSR count). The van der Waals surface area contributed by atoms with Crippen LogP contribution in [0.1, 0.15) is 23.8 Å². The molecule has 0 aromatic carbocycles. The lowest BCUT2D eigenvalue weighted by atomic mass is 10.1. The molecule has 2 aromatic heterocycles. The molecule has 1 fully saturated rings. The van der Waals surface area contributed by atoms with Crippen molar-refractivity contribution < 1.29 is 4.79 Å². The van der Waals surface area contributed by atoms with Crippen molar-refractivity contribution in [3.05, 3.63) is 28.6 Å². The smallest absolute Gasteiger partial charge is 0.273 e. The Balaban J connectivity index is 0.00000121. The third kappa shape index (κ3) is 3.81. The number of thiazole rings is 1. The van der Waals surface area contributed by atoms with Crippen molar-refractivity contribution in [2.24, 2.45) is 11.7 Å². The van der Waals surface area contributed by atoms with E-state index in [-0.39, 0.29) is 36.8 Å². The summed E-state index contributed by atoms with van der Waals surface area (Å²) in [6.07, 6.45) is 0.990. The van der Waals surface area contributed by atoms with Crippen LogP contribution in [0.25, 0.3) is 9.88 Å². The molecule has 1 aliphatic heterocycles. The number of halogens is 2. The summed E-state index contributed by atoms with van der Waals surface area (Å²) in [6, 6.07) is 4.28. The monoisotopic (exact) mass is 379 g/mol. The second-order valence-electron chi connectivity index (χ2n) is 5.16. The van der Waals surface area contributed by atoms with E-state index in [1.165, 1.54) is 11.3 Å². The van der Waals surface area contributed by atoms with Gasteiger partial charge in [-0.1, -0.05) is 6.07 Å². The molecule has 1 amide bonds. The van der Waals surface area contributed by atoms with Gasteiger partial charge >= 0.3 is 0 Å². The molecule has 1 aliphatic rings. The van der Waals surface area contributed by atoms with E-state index in [0.717, 1.165) is 22.9 Å². The third-order valence-electron chi connectivity index (χ3n) is 3.71. The van der Waals surface area contributed by atoms with Gasteiger partial charge in [-0.3, -0.25) is 4.79 Å². The Hall–Kier alpha value is -0.660. The van der Waals surface area contributed by atoms with Crippen LogP contribution in [0, 0.1) is 5.92 Å². The molecule has 122 valence electrons. The van der Waals surface area contributed by atoms with Gasteiger partial charge in [0.2, 0.25) is 0 Å². The molecule has 2 atom stereocenters. The lowest BCUT2D eigenvalue weighted by Gasteiger charge is -2.20. The van der Waals surface area contributed by atoms with Gasteiger partial charge in [-0.05, 0) is 37.3 Å². The van der Waals surface area contributed by atoms with Gasteiger partial charge in [0.15, 0.2) is 0 Å². The first-order valence-corrected chi connectivity index (χ1v) is 8.45. The zero-order valence-electron chi connectivity index (χ0n) is 12.1. The van der Waals surface area contributed by atoms with Crippen LogP contribution >= 0.6 is 47.5 Å². The van der Waals surface area contributed by atoms with Crippen molar-refractivity contribution in [1.29, 1.82) is 0 Å². The summed E-state index contributed by atoms with van der Waals surface area (Å²) >= 11 is 3.17. The van der Waals surface area contributed by atoms with E-state index in [2.05, 4.69) is 11.9 Å². The van der Waals surface area contributed by atoms with Gasteiger partial charge in [-0.25, -0.2) is 4.98 Å². The van der Waals surface area contributed by atoms with Crippen LogP contribution in [0.4, 0.5) is 0 Å². The highest BCUT2D eigenvalue weighted by molar-refractivity contribution is 7.20. The van der Waals surface area contributed by atoms with Gasteiger partial charge in [0.25, 0.3) is 5.91 Å². The molecule has 0 saturated carbocycles. The van der Waals surface area contributed by atoms with E-state index in [9.17, 15) is 4.79 Å². The summed E-state index contributed by atoms with van der Waals surface area (Å²) in [4.78, 5) is 20.0. The Morgan fingerprint density at radius 1 is 1.45 bits per heavy atom. The highest BCUT2D eigenvalue weighted by Gasteiger charge is 2.33. The van der Waals surface area contributed by atoms with Crippen molar-refractivity contribution in [3.63, 3.8) is 0 Å². The van der Waals surface area contributed by atoms with Crippen molar-refractivity contribution in [1.82, 2.24) is 9.88 Å². The zero-order chi connectivity index (χ0) is 14.1. The summed E-state index contributed by atoms with van der Waals surface area (Å²) in [7, 11) is 0. The highest BCUT2D eigenvalue weighted by Crippen LogP contribution is 2.29. The first-order chi connectivity index (χ1) is 9.69. The summed E-state index contributed by atoms with van der Waals surface area (Å²) in [5, 5.41) is 4.80. The average molecular weight is 380 g/mol. The van der Waals surface area contributed by atoms with E-state index in [0.29, 0.717) is 18.2 Å². The number of nitrogens with zero attached hydrogens (tertiary/aromatic N) is 2. The molecule has 2 aromatic rings. The maximum atomic E-state index is 12.5. The number of hydrogen-bond acceptors (Lipinski definition) is 5. The maximum Gasteiger partial charge on any atom is 0.273 e. The normalized spacial score (nSPS) is 20.4. The van der Waals surface area contributed by atoms with Crippen molar-refractivity contribution in [2.75, 3.05) is 13.1 Å². The number of nitrogens with two attached hydrogens (primary N) is 1. The van der Waals surface area contributed by atoms with E-state index < -0.39 is 0 Å². The molecule has 2 N–H and O–H groups in total. The fourth-order valence-electron chi connectivity index (χ4n) is 2.63. The lowest BCUT2D eigenvalue weighted by Crippen LogP contribution is -2.34. The summed E-state index contributed by atoms with van der Waals surface area (Å²) in [5.41, 5.74) is 6.27. The van der Waals surface area contributed by atoms with Gasteiger partial charge in [-0.2, -0.15) is 0 Å². The Kier molecular flexibility index (Phi) is 7.28. The van der Waals surface area contributed by atoms with Crippen LogP contribution in [0.15, 0.2) is 22.9 Å². The van der Waals surface area contributed by atoms with Gasteiger partial charge in [0.1, 0.15) is 10.7 Å². The fraction of sp³-hybridized carbons (Fsp3) is 0.429. The van der Waals surface area contributed by atoms with Gasteiger partial charge in [0, 0.05) is 18.0 Å². The van der Waals surface area contributed by atoms with Gasteiger partial charge < -0.3 is 10.6 Å². The molecular weight excluding hydrogens is 361 g/mol. The second kappa shape index (κ2) is 8.26. The molecule has 2 unspecified atom stereocenters. The Morgan fingerprint density at radius 2 is 2.23 bits per heavy atom. The number of aromatic nitrogens is 1. The van der Waals surface area contributed by atoms with Gasteiger partial charge in [-0.15, -0.1) is 47.5 Å². The predicted octanol–water partition coefficient (Wildman–Crippen LogP) is 3.52. The quantitative estimate of drug-likeness (QED) is 0.886. The zero-order valence-corrected chi connectivity index (χ0v) is 15.4. The summed E-state index contributed by atoms with van der Waals surface area (Å²) < 4.78 is 0.